The standard InChI is InChI=1S/C23H25FN4O3/c1-17-20(26-27-25)12-13-22(31-17)21(14-24)28(15-18-8-4-2-5-9-18)23(29)30-16-19-10-6-3-7-11-19/h2-11,20-22H,1,12-16H2/t20?,21-,22+/m1/s1. The highest BCUT2D eigenvalue weighted by Gasteiger charge is 2.37. The molecule has 162 valence electrons. The van der Waals surface area contributed by atoms with E-state index in [-0.39, 0.29) is 18.9 Å². The van der Waals surface area contributed by atoms with Crippen molar-refractivity contribution in [2.45, 2.75) is 44.2 Å². The van der Waals surface area contributed by atoms with Gasteiger partial charge in [-0.3, -0.25) is 4.90 Å². The molecule has 1 saturated heterocycles. The number of rotatable bonds is 8. The van der Waals surface area contributed by atoms with Crippen LogP contribution in [0.1, 0.15) is 24.0 Å². The molecule has 1 aliphatic heterocycles. The van der Waals surface area contributed by atoms with Crippen LogP contribution in [0.4, 0.5) is 9.18 Å². The maximum atomic E-state index is 14.2. The van der Waals surface area contributed by atoms with Gasteiger partial charge in [-0.2, -0.15) is 0 Å². The lowest BCUT2D eigenvalue weighted by molar-refractivity contribution is -0.0208. The molecular formula is C23H25FN4O3. The molecule has 31 heavy (non-hydrogen) atoms. The maximum absolute atomic E-state index is 14.2. The molecule has 0 bridgehead atoms. The van der Waals surface area contributed by atoms with E-state index in [0.717, 1.165) is 11.1 Å². The van der Waals surface area contributed by atoms with E-state index in [1.165, 1.54) is 4.90 Å². The van der Waals surface area contributed by atoms with Gasteiger partial charge < -0.3 is 9.47 Å². The lowest BCUT2D eigenvalue weighted by Crippen LogP contribution is -2.50. The molecule has 0 aliphatic carbocycles. The van der Waals surface area contributed by atoms with E-state index >= 15 is 0 Å². The van der Waals surface area contributed by atoms with Crippen LogP contribution in [-0.4, -0.2) is 35.9 Å². The SMILES string of the molecule is C=C1O[C@H]([C@@H](CF)N(Cc2ccccc2)C(=O)OCc2ccccc2)CCC1N=[N+]=[N-]. The summed E-state index contributed by atoms with van der Waals surface area (Å²) in [6.45, 7) is 3.25. The molecule has 0 saturated carbocycles. The third-order valence-electron chi connectivity index (χ3n) is 5.21. The number of amides is 1. The van der Waals surface area contributed by atoms with Gasteiger partial charge in [0.15, 0.2) is 0 Å². The van der Waals surface area contributed by atoms with E-state index in [1.807, 2.05) is 60.7 Å². The van der Waals surface area contributed by atoms with Crippen LogP contribution < -0.4 is 0 Å². The highest BCUT2D eigenvalue weighted by atomic mass is 19.1. The van der Waals surface area contributed by atoms with Crippen molar-refractivity contribution in [2.24, 2.45) is 5.11 Å². The van der Waals surface area contributed by atoms with Gasteiger partial charge in [-0.1, -0.05) is 72.4 Å². The van der Waals surface area contributed by atoms with E-state index in [0.29, 0.717) is 12.8 Å². The number of azide groups is 1. The Morgan fingerprint density at radius 2 is 1.84 bits per heavy atom. The van der Waals surface area contributed by atoms with Gasteiger partial charge in [0, 0.05) is 11.5 Å². The molecule has 7 nitrogen and oxygen atoms in total. The number of hydrogen-bond acceptors (Lipinski definition) is 4. The molecule has 1 aliphatic rings. The van der Waals surface area contributed by atoms with E-state index < -0.39 is 31.0 Å². The average Bonchev–Trinajstić information content (AvgIpc) is 2.80. The molecule has 1 amide bonds. The van der Waals surface area contributed by atoms with Crippen LogP contribution in [0.2, 0.25) is 0 Å². The third-order valence-corrected chi connectivity index (χ3v) is 5.21. The summed E-state index contributed by atoms with van der Waals surface area (Å²) >= 11 is 0. The van der Waals surface area contributed by atoms with Gasteiger partial charge in [-0.25, -0.2) is 9.18 Å². The predicted molar refractivity (Wildman–Crippen MR) is 115 cm³/mol. The first-order valence-corrected chi connectivity index (χ1v) is 10.1. The number of halogens is 1. The summed E-state index contributed by atoms with van der Waals surface area (Å²) in [4.78, 5) is 17.2. The Bertz CT molecular complexity index is 919. The first kappa shape index (κ1) is 22.2. The second kappa shape index (κ2) is 11.0. The minimum Gasteiger partial charge on any atom is -0.493 e. The minimum absolute atomic E-state index is 0.0845. The molecule has 0 spiro atoms. The summed E-state index contributed by atoms with van der Waals surface area (Å²) in [7, 11) is 0. The van der Waals surface area contributed by atoms with E-state index in [1.54, 1.807) is 0 Å². The van der Waals surface area contributed by atoms with Gasteiger partial charge in [0.1, 0.15) is 25.4 Å². The predicted octanol–water partition coefficient (Wildman–Crippen LogP) is 5.54. The van der Waals surface area contributed by atoms with Crippen molar-refractivity contribution in [3.8, 4) is 0 Å². The number of hydrogen-bond donors (Lipinski definition) is 0. The molecule has 2 aromatic rings. The molecule has 0 N–H and O–H groups in total. The van der Waals surface area contributed by atoms with Gasteiger partial charge >= 0.3 is 6.09 Å². The van der Waals surface area contributed by atoms with Crippen molar-refractivity contribution in [1.29, 1.82) is 0 Å². The summed E-state index contributed by atoms with van der Waals surface area (Å²) in [5, 5.41) is 3.65. The van der Waals surface area contributed by atoms with Crippen molar-refractivity contribution in [3.63, 3.8) is 0 Å². The van der Waals surface area contributed by atoms with Gasteiger partial charge in [0.25, 0.3) is 0 Å². The Morgan fingerprint density at radius 3 is 2.42 bits per heavy atom. The van der Waals surface area contributed by atoms with Crippen LogP contribution in [0, 0.1) is 0 Å². The molecule has 2 aromatic carbocycles. The molecule has 3 rings (SSSR count). The summed E-state index contributed by atoms with van der Waals surface area (Å²) in [6, 6.07) is 17.3. The molecule has 1 unspecified atom stereocenters. The van der Waals surface area contributed by atoms with Crippen LogP contribution in [-0.2, 0) is 22.6 Å². The normalized spacial score (nSPS) is 18.9. The van der Waals surface area contributed by atoms with Crippen LogP contribution in [0.5, 0.6) is 0 Å². The Kier molecular flexibility index (Phi) is 7.90. The van der Waals surface area contributed by atoms with Crippen LogP contribution in [0.3, 0.4) is 0 Å². The van der Waals surface area contributed by atoms with Crippen molar-refractivity contribution in [2.75, 3.05) is 6.67 Å². The second-order valence-corrected chi connectivity index (χ2v) is 7.30. The Labute approximate surface area is 180 Å². The van der Waals surface area contributed by atoms with Crippen molar-refractivity contribution < 1.29 is 18.7 Å². The molecule has 1 fully saturated rings. The summed E-state index contributed by atoms with van der Waals surface area (Å²) < 4.78 is 25.5. The lowest BCUT2D eigenvalue weighted by Gasteiger charge is -2.38. The van der Waals surface area contributed by atoms with E-state index in [9.17, 15) is 9.18 Å². The number of alkyl halides is 1. The maximum Gasteiger partial charge on any atom is 0.410 e. The Balaban J connectivity index is 1.77. The highest BCUT2D eigenvalue weighted by Crippen LogP contribution is 2.29. The van der Waals surface area contributed by atoms with Gasteiger partial charge in [0.2, 0.25) is 0 Å². The third kappa shape index (κ3) is 5.99. The molecule has 0 radical (unpaired) electrons. The number of nitrogens with zero attached hydrogens (tertiary/aromatic N) is 4. The summed E-state index contributed by atoms with van der Waals surface area (Å²) in [5.74, 6) is 0.282. The van der Waals surface area contributed by atoms with Gasteiger partial charge in [0.05, 0.1) is 11.8 Å². The molecule has 8 heteroatoms. The van der Waals surface area contributed by atoms with E-state index in [2.05, 4.69) is 16.6 Å². The van der Waals surface area contributed by atoms with Crippen LogP contribution in [0.15, 0.2) is 78.1 Å². The summed E-state index contributed by atoms with van der Waals surface area (Å²) in [6.07, 6.45) is -0.339. The fourth-order valence-electron chi connectivity index (χ4n) is 3.55. The zero-order valence-electron chi connectivity index (χ0n) is 17.1. The zero-order chi connectivity index (χ0) is 22.1. The van der Waals surface area contributed by atoms with Crippen LogP contribution in [0.25, 0.3) is 10.4 Å². The molecular weight excluding hydrogens is 399 g/mol. The van der Waals surface area contributed by atoms with E-state index in [4.69, 9.17) is 15.0 Å². The van der Waals surface area contributed by atoms with Crippen molar-refractivity contribution >= 4 is 6.09 Å². The number of benzene rings is 2. The lowest BCUT2D eigenvalue weighted by atomic mass is 9.97. The number of carbonyl (C=O) groups excluding carboxylic acids is 1. The second-order valence-electron chi connectivity index (χ2n) is 7.30. The number of carbonyl (C=O) groups is 1. The van der Waals surface area contributed by atoms with Crippen LogP contribution >= 0.6 is 0 Å². The fourth-order valence-corrected chi connectivity index (χ4v) is 3.55. The van der Waals surface area contributed by atoms with Crippen molar-refractivity contribution in [3.05, 3.63) is 94.6 Å². The van der Waals surface area contributed by atoms with Gasteiger partial charge in [-0.05, 0) is 29.5 Å². The smallest absolute Gasteiger partial charge is 0.410 e. The number of ether oxygens (including phenoxy) is 2. The largest absolute Gasteiger partial charge is 0.493 e. The Hall–Kier alpha value is -3.51. The first-order valence-electron chi connectivity index (χ1n) is 10.1. The quantitative estimate of drug-likeness (QED) is 0.317. The fraction of sp³-hybridized carbons (Fsp3) is 0.348. The van der Waals surface area contributed by atoms with Crippen molar-refractivity contribution in [1.82, 2.24) is 4.90 Å². The highest BCUT2D eigenvalue weighted by molar-refractivity contribution is 5.68. The molecule has 1 heterocycles. The minimum atomic E-state index is -0.868. The average molecular weight is 424 g/mol. The topological polar surface area (TPSA) is 87.5 Å². The van der Waals surface area contributed by atoms with Gasteiger partial charge in [-0.15, -0.1) is 0 Å². The Morgan fingerprint density at radius 1 is 1.19 bits per heavy atom. The zero-order valence-corrected chi connectivity index (χ0v) is 17.1. The molecule has 0 aromatic heterocycles. The molecule has 3 atom stereocenters. The first-order chi connectivity index (χ1) is 15.1. The summed E-state index contributed by atoms with van der Waals surface area (Å²) in [5.41, 5.74) is 10.4. The monoisotopic (exact) mass is 424 g/mol.